The lowest BCUT2D eigenvalue weighted by Gasteiger charge is -2.20. The van der Waals surface area contributed by atoms with Crippen LogP contribution in [0.1, 0.15) is 53.5 Å². The molecule has 6 nitrogen and oxygen atoms in total. The molecule has 3 rings (SSSR count). The number of oxime groups is 1. The van der Waals surface area contributed by atoms with Gasteiger partial charge >= 0.3 is 5.97 Å². The molecule has 0 bridgehead atoms. The second-order valence-electron chi connectivity index (χ2n) is 7.61. The van der Waals surface area contributed by atoms with Gasteiger partial charge in [0.15, 0.2) is 0 Å². The van der Waals surface area contributed by atoms with Crippen molar-refractivity contribution < 1.29 is 24.0 Å². The number of benzene rings is 2. The average Bonchev–Trinajstić information content (AvgIpc) is 3.17. The molecule has 29 heavy (non-hydrogen) atoms. The van der Waals surface area contributed by atoms with Crippen LogP contribution in [-0.4, -0.2) is 35.0 Å². The lowest BCUT2D eigenvalue weighted by molar-refractivity contribution is -0.166. The highest BCUT2D eigenvalue weighted by Gasteiger charge is 2.33. The maximum absolute atomic E-state index is 12.5. The maximum Gasteiger partial charge on any atom is 0.351 e. The summed E-state index contributed by atoms with van der Waals surface area (Å²) in [5.74, 6) is -1.63. The fraction of sp³-hybridized carbons (Fsp3) is 0.273. The van der Waals surface area contributed by atoms with Crippen molar-refractivity contribution in [3.05, 3.63) is 69.7 Å². The van der Waals surface area contributed by atoms with Crippen LogP contribution in [0.15, 0.2) is 58.2 Å². The number of carbonyl (C=O) groups excluding carboxylic acids is 3. The molecule has 0 aromatic heterocycles. The molecule has 0 aliphatic carbocycles. The highest BCUT2D eigenvalue weighted by molar-refractivity contribution is 9.10. The van der Waals surface area contributed by atoms with Gasteiger partial charge in [-0.25, -0.2) is 4.79 Å². The Hall–Kier alpha value is -2.80. The van der Waals surface area contributed by atoms with Crippen LogP contribution >= 0.6 is 15.9 Å². The summed E-state index contributed by atoms with van der Waals surface area (Å²) in [6.07, 6.45) is -0.510. The standard InChI is InChI=1S/C22H20BrNO5/c1-22(2,3)28-21(27)18-12-17(24-29-18)13-4-6-14(7-5-13)19(25)20(26)15-8-10-16(23)11-9-15/h4-11,18H,12H2,1-3H3. The molecule has 2 aromatic carbocycles. The minimum atomic E-state index is -0.787. The largest absolute Gasteiger partial charge is 0.457 e. The van der Waals surface area contributed by atoms with Crippen LogP contribution in [0.2, 0.25) is 0 Å². The van der Waals surface area contributed by atoms with Gasteiger partial charge in [0, 0.05) is 22.0 Å². The zero-order valence-electron chi connectivity index (χ0n) is 16.3. The number of carbonyl (C=O) groups is 3. The second-order valence-corrected chi connectivity index (χ2v) is 8.53. The molecule has 1 unspecified atom stereocenters. The van der Waals surface area contributed by atoms with Gasteiger partial charge in [0.1, 0.15) is 5.60 Å². The van der Waals surface area contributed by atoms with Gasteiger partial charge in [-0.05, 0) is 50.6 Å². The molecule has 0 saturated carbocycles. The number of esters is 1. The van der Waals surface area contributed by atoms with Crippen molar-refractivity contribution in [1.82, 2.24) is 0 Å². The number of ketones is 2. The van der Waals surface area contributed by atoms with Crippen LogP contribution in [0.25, 0.3) is 0 Å². The number of ether oxygens (including phenoxy) is 1. The second kappa shape index (κ2) is 8.29. The number of rotatable bonds is 5. The van der Waals surface area contributed by atoms with Crippen LogP contribution in [0, 0.1) is 0 Å². The van der Waals surface area contributed by atoms with Gasteiger partial charge < -0.3 is 9.57 Å². The molecule has 2 aromatic rings. The minimum absolute atomic E-state index is 0.278. The van der Waals surface area contributed by atoms with Crippen molar-refractivity contribution >= 4 is 39.2 Å². The number of nitrogens with zero attached hydrogens (tertiary/aromatic N) is 1. The predicted octanol–water partition coefficient (Wildman–Crippen LogP) is 4.35. The fourth-order valence-electron chi connectivity index (χ4n) is 2.72. The molecule has 0 amide bonds. The summed E-state index contributed by atoms with van der Waals surface area (Å²) in [4.78, 5) is 42.1. The quantitative estimate of drug-likeness (QED) is 0.378. The lowest BCUT2D eigenvalue weighted by Crippen LogP contribution is -2.32. The topological polar surface area (TPSA) is 82.0 Å². The highest BCUT2D eigenvalue weighted by atomic mass is 79.9. The Kier molecular flexibility index (Phi) is 5.98. The molecule has 1 aliphatic heterocycles. The molecule has 0 N–H and O–H groups in total. The van der Waals surface area contributed by atoms with Crippen molar-refractivity contribution in [2.75, 3.05) is 0 Å². The van der Waals surface area contributed by atoms with Gasteiger partial charge in [0.25, 0.3) is 0 Å². The Morgan fingerprint density at radius 1 is 0.966 bits per heavy atom. The monoisotopic (exact) mass is 457 g/mol. The number of halogens is 1. The summed E-state index contributed by atoms with van der Waals surface area (Å²) in [5, 5.41) is 3.96. The van der Waals surface area contributed by atoms with Gasteiger partial charge in [0.05, 0.1) is 5.71 Å². The number of hydrogen-bond donors (Lipinski definition) is 0. The first-order valence-corrected chi connectivity index (χ1v) is 9.84. The summed E-state index contributed by atoms with van der Waals surface area (Å²) in [6, 6.07) is 13.1. The van der Waals surface area contributed by atoms with Crippen molar-refractivity contribution in [1.29, 1.82) is 0 Å². The summed E-state index contributed by atoms with van der Waals surface area (Å²) >= 11 is 3.30. The van der Waals surface area contributed by atoms with Crippen LogP contribution in [-0.2, 0) is 14.4 Å². The van der Waals surface area contributed by atoms with Gasteiger partial charge in [-0.2, -0.15) is 0 Å². The molecular weight excluding hydrogens is 438 g/mol. The van der Waals surface area contributed by atoms with E-state index in [1.807, 2.05) is 0 Å². The van der Waals surface area contributed by atoms with Crippen molar-refractivity contribution in [2.45, 2.75) is 38.9 Å². The third-order valence-corrected chi connectivity index (χ3v) is 4.66. The van der Waals surface area contributed by atoms with Crippen LogP contribution in [0.4, 0.5) is 0 Å². The van der Waals surface area contributed by atoms with Crippen molar-refractivity contribution in [3.8, 4) is 0 Å². The third-order valence-electron chi connectivity index (χ3n) is 4.13. The third kappa shape index (κ3) is 5.17. The minimum Gasteiger partial charge on any atom is -0.457 e. The van der Waals surface area contributed by atoms with Crippen LogP contribution in [0.3, 0.4) is 0 Å². The van der Waals surface area contributed by atoms with E-state index in [4.69, 9.17) is 9.57 Å². The van der Waals surface area contributed by atoms with Crippen LogP contribution in [0.5, 0.6) is 0 Å². The number of Topliss-reactive ketones (excluding diaryl/α,β-unsaturated/α-hetero) is 2. The Labute approximate surface area is 177 Å². The molecule has 0 spiro atoms. The average molecular weight is 458 g/mol. The summed E-state index contributed by atoms with van der Waals surface area (Å²) < 4.78 is 6.14. The van der Waals surface area contributed by atoms with E-state index >= 15 is 0 Å². The first-order valence-electron chi connectivity index (χ1n) is 9.04. The van der Waals surface area contributed by atoms with Gasteiger partial charge in [-0.3, -0.25) is 9.59 Å². The van der Waals surface area contributed by atoms with E-state index in [0.717, 1.165) is 4.47 Å². The van der Waals surface area contributed by atoms with Crippen LogP contribution < -0.4 is 0 Å². The van der Waals surface area contributed by atoms with Gasteiger partial charge in [-0.1, -0.05) is 45.4 Å². The zero-order chi connectivity index (χ0) is 21.2. The molecule has 1 atom stereocenters. The van der Waals surface area contributed by atoms with Gasteiger partial charge in [-0.15, -0.1) is 0 Å². The van der Waals surface area contributed by atoms with Crippen molar-refractivity contribution in [2.24, 2.45) is 5.16 Å². The smallest absolute Gasteiger partial charge is 0.351 e. The normalized spacial score (nSPS) is 16.0. The predicted molar refractivity (Wildman–Crippen MR) is 111 cm³/mol. The fourth-order valence-corrected chi connectivity index (χ4v) is 2.98. The van der Waals surface area contributed by atoms with E-state index in [-0.39, 0.29) is 12.0 Å². The first-order chi connectivity index (χ1) is 13.6. The summed E-state index contributed by atoms with van der Waals surface area (Å²) in [6.45, 7) is 5.35. The molecule has 0 fully saturated rings. The Morgan fingerprint density at radius 3 is 2.00 bits per heavy atom. The Balaban J connectivity index is 1.66. The Bertz CT molecular complexity index is 972. The van der Waals surface area contributed by atoms with E-state index < -0.39 is 29.2 Å². The molecule has 0 radical (unpaired) electrons. The van der Waals surface area contributed by atoms with Crippen molar-refractivity contribution in [3.63, 3.8) is 0 Å². The summed E-state index contributed by atoms with van der Waals surface area (Å²) in [7, 11) is 0. The SMILES string of the molecule is CC(C)(C)OC(=O)C1CC(c2ccc(C(=O)C(=O)c3ccc(Br)cc3)cc2)=NO1. The molecule has 1 heterocycles. The number of hydrogen-bond acceptors (Lipinski definition) is 6. The maximum atomic E-state index is 12.5. The molecule has 0 saturated heterocycles. The zero-order valence-corrected chi connectivity index (χ0v) is 17.9. The van der Waals surface area contributed by atoms with E-state index in [0.29, 0.717) is 16.8 Å². The molecule has 150 valence electrons. The Morgan fingerprint density at radius 2 is 1.48 bits per heavy atom. The molecule has 1 aliphatic rings. The first kappa shape index (κ1) is 20.9. The van der Waals surface area contributed by atoms with Gasteiger partial charge in [0.2, 0.25) is 17.7 Å². The van der Waals surface area contributed by atoms with E-state index in [2.05, 4.69) is 21.1 Å². The van der Waals surface area contributed by atoms with E-state index in [1.165, 1.54) is 0 Å². The highest BCUT2D eigenvalue weighted by Crippen LogP contribution is 2.21. The lowest BCUT2D eigenvalue weighted by atomic mass is 9.98. The van der Waals surface area contributed by atoms with E-state index in [1.54, 1.807) is 69.3 Å². The summed E-state index contributed by atoms with van der Waals surface area (Å²) in [5.41, 5.74) is 1.30. The van der Waals surface area contributed by atoms with E-state index in [9.17, 15) is 14.4 Å². The molecular formula is C22H20BrNO5. The molecule has 7 heteroatoms.